The molecule has 11 nitrogen and oxygen atoms in total. The van der Waals surface area contributed by atoms with Crippen molar-refractivity contribution in [3.05, 3.63) is 72.1 Å². The van der Waals surface area contributed by atoms with E-state index in [0.29, 0.717) is 25.3 Å². The summed E-state index contributed by atoms with van der Waals surface area (Å²) in [6.45, 7) is 4.78. The third kappa shape index (κ3) is 8.35. The molecule has 0 saturated carbocycles. The Morgan fingerprint density at radius 2 is 1.58 bits per heavy atom. The van der Waals surface area contributed by atoms with Crippen LogP contribution in [0.1, 0.15) is 37.4 Å². The topological polar surface area (TPSA) is 132 Å². The van der Waals surface area contributed by atoms with E-state index in [2.05, 4.69) is 35.2 Å². The summed E-state index contributed by atoms with van der Waals surface area (Å²) in [7, 11) is 1.28. The van der Waals surface area contributed by atoms with Crippen molar-refractivity contribution < 1.29 is 19.1 Å². The minimum atomic E-state index is -0.736. The molecule has 1 amide bonds. The molecular formula is C25H31N7O4. The van der Waals surface area contributed by atoms with Gasteiger partial charge in [-0.3, -0.25) is 29.3 Å². The van der Waals surface area contributed by atoms with E-state index in [1.165, 1.54) is 11.8 Å². The second-order valence-electron chi connectivity index (χ2n) is 8.58. The third-order valence-electron chi connectivity index (χ3n) is 5.47. The number of pyridine rings is 2. The van der Waals surface area contributed by atoms with Crippen molar-refractivity contribution in [2.24, 2.45) is 5.92 Å². The highest BCUT2D eigenvalue weighted by Crippen LogP contribution is 2.11. The molecule has 0 bridgehead atoms. The van der Waals surface area contributed by atoms with Crippen LogP contribution in [0.2, 0.25) is 0 Å². The second-order valence-corrected chi connectivity index (χ2v) is 8.58. The molecule has 1 N–H and O–H groups in total. The number of ether oxygens (including phenoxy) is 1. The molecule has 0 fully saturated rings. The Hall–Kier alpha value is -3.99. The van der Waals surface area contributed by atoms with E-state index in [0.717, 1.165) is 11.4 Å². The number of hydrogen-bond donors (Lipinski definition) is 1. The minimum absolute atomic E-state index is 0.00995. The average Bonchev–Trinajstić information content (AvgIpc) is 3.30. The summed E-state index contributed by atoms with van der Waals surface area (Å²) < 4.78 is 6.07. The lowest BCUT2D eigenvalue weighted by molar-refractivity contribution is -0.146. The van der Waals surface area contributed by atoms with E-state index in [-0.39, 0.29) is 24.7 Å². The largest absolute Gasteiger partial charge is 0.469 e. The number of carbonyl (C=O) groups is 3. The Morgan fingerprint density at radius 3 is 2.14 bits per heavy atom. The number of hydrogen-bond acceptors (Lipinski definition) is 9. The summed E-state index contributed by atoms with van der Waals surface area (Å²) in [6.07, 6.45) is 5.20. The molecule has 190 valence electrons. The van der Waals surface area contributed by atoms with Gasteiger partial charge in [0.25, 0.3) is 0 Å². The fourth-order valence-electron chi connectivity index (χ4n) is 3.60. The summed E-state index contributed by atoms with van der Waals surface area (Å²) in [4.78, 5) is 47.2. The first-order chi connectivity index (χ1) is 17.3. The van der Waals surface area contributed by atoms with E-state index < -0.39 is 17.9 Å². The van der Waals surface area contributed by atoms with Crippen LogP contribution in [-0.4, -0.2) is 60.7 Å². The van der Waals surface area contributed by atoms with Gasteiger partial charge in [-0.05, 0) is 31.2 Å². The smallest absolute Gasteiger partial charge is 0.308 e. The number of rotatable bonds is 13. The van der Waals surface area contributed by atoms with Crippen molar-refractivity contribution >= 4 is 17.7 Å². The zero-order valence-electron chi connectivity index (χ0n) is 20.7. The highest BCUT2D eigenvalue weighted by Gasteiger charge is 2.22. The number of Topliss-reactive ketones (excluding diaryl/α,β-unsaturated/α-hetero) is 1. The van der Waals surface area contributed by atoms with Crippen molar-refractivity contribution in [3.63, 3.8) is 0 Å². The number of nitrogens with one attached hydrogen (secondary N) is 1. The highest BCUT2D eigenvalue weighted by atomic mass is 16.5. The summed E-state index contributed by atoms with van der Waals surface area (Å²) in [5.41, 5.74) is 2.52. The Morgan fingerprint density at radius 1 is 0.972 bits per heavy atom. The predicted molar refractivity (Wildman–Crippen MR) is 130 cm³/mol. The van der Waals surface area contributed by atoms with Gasteiger partial charge in [-0.25, -0.2) is 4.68 Å². The van der Waals surface area contributed by atoms with Gasteiger partial charge in [0.15, 0.2) is 5.78 Å². The lowest BCUT2D eigenvalue weighted by Gasteiger charge is -2.20. The lowest BCUT2D eigenvalue weighted by Crippen LogP contribution is -2.41. The summed E-state index contributed by atoms with van der Waals surface area (Å²) in [5, 5.41) is 10.9. The normalized spacial score (nSPS) is 12.7. The molecule has 0 saturated heterocycles. The van der Waals surface area contributed by atoms with E-state index in [4.69, 9.17) is 0 Å². The van der Waals surface area contributed by atoms with Gasteiger partial charge in [-0.2, -0.15) is 0 Å². The van der Waals surface area contributed by atoms with Gasteiger partial charge in [-0.15, -0.1) is 5.10 Å². The van der Waals surface area contributed by atoms with Crippen LogP contribution in [-0.2, 0) is 45.3 Å². The fraction of sp³-hybridized carbons (Fsp3) is 0.400. The maximum absolute atomic E-state index is 12.4. The van der Waals surface area contributed by atoms with E-state index in [1.807, 2.05) is 36.4 Å². The minimum Gasteiger partial charge on any atom is -0.469 e. The third-order valence-corrected chi connectivity index (χ3v) is 5.47. The molecule has 3 rings (SSSR count). The molecule has 0 radical (unpaired) electrons. The lowest BCUT2D eigenvalue weighted by atomic mass is 10.0. The van der Waals surface area contributed by atoms with Gasteiger partial charge in [0.1, 0.15) is 6.54 Å². The Balaban J connectivity index is 1.57. The highest BCUT2D eigenvalue weighted by molar-refractivity contribution is 5.91. The van der Waals surface area contributed by atoms with Gasteiger partial charge >= 0.3 is 5.97 Å². The zero-order chi connectivity index (χ0) is 25.9. The number of methoxy groups -OCH3 is 1. The fourth-order valence-corrected chi connectivity index (χ4v) is 3.60. The maximum Gasteiger partial charge on any atom is 0.308 e. The first kappa shape index (κ1) is 26.6. The van der Waals surface area contributed by atoms with Crippen LogP contribution in [0, 0.1) is 5.92 Å². The van der Waals surface area contributed by atoms with Crippen molar-refractivity contribution in [3.8, 4) is 0 Å². The van der Waals surface area contributed by atoms with Crippen LogP contribution in [0.25, 0.3) is 0 Å². The molecule has 0 aliphatic heterocycles. The van der Waals surface area contributed by atoms with Crippen LogP contribution in [0.3, 0.4) is 0 Å². The Kier molecular flexibility index (Phi) is 9.75. The first-order valence-electron chi connectivity index (χ1n) is 11.6. The number of ketones is 1. The van der Waals surface area contributed by atoms with Crippen molar-refractivity contribution in [2.45, 2.75) is 52.5 Å². The van der Waals surface area contributed by atoms with Crippen LogP contribution in [0.15, 0.2) is 55.0 Å². The van der Waals surface area contributed by atoms with Crippen molar-refractivity contribution in [1.82, 2.24) is 35.2 Å². The molecule has 2 atom stereocenters. The van der Waals surface area contributed by atoms with Gasteiger partial charge in [0, 0.05) is 38.4 Å². The van der Waals surface area contributed by atoms with Gasteiger partial charge < -0.3 is 10.1 Å². The van der Waals surface area contributed by atoms with Crippen molar-refractivity contribution in [2.75, 3.05) is 7.11 Å². The second kappa shape index (κ2) is 13.2. The molecule has 1 unspecified atom stereocenters. The van der Waals surface area contributed by atoms with Crippen LogP contribution >= 0.6 is 0 Å². The molecule has 36 heavy (non-hydrogen) atoms. The molecule has 11 heteroatoms. The van der Waals surface area contributed by atoms with Crippen LogP contribution in [0.5, 0.6) is 0 Å². The van der Waals surface area contributed by atoms with Gasteiger partial charge in [0.2, 0.25) is 5.91 Å². The standard InChI is InChI=1S/C25H31N7O4/c1-18(25(35)36-3)12-23(33)19(2)28-24(34)17-32-16-22(29-30-32)15-31(13-20-8-4-6-10-26-20)14-21-9-5-7-11-27-21/h4-11,16,18-19H,12-15,17H2,1-3H3,(H,28,34)/t18-,19?/m0/s1. The number of esters is 1. The molecular weight excluding hydrogens is 462 g/mol. The molecule has 0 spiro atoms. The molecule has 0 aromatic carbocycles. The van der Waals surface area contributed by atoms with Crippen molar-refractivity contribution in [1.29, 1.82) is 0 Å². The van der Waals surface area contributed by atoms with E-state index in [1.54, 1.807) is 32.4 Å². The molecule has 3 heterocycles. The number of nitrogens with zero attached hydrogens (tertiary/aromatic N) is 6. The van der Waals surface area contributed by atoms with Gasteiger partial charge in [0.05, 0.1) is 42.3 Å². The summed E-state index contributed by atoms with van der Waals surface area (Å²) in [6, 6.07) is 10.8. The number of carbonyl (C=O) groups excluding carboxylic acids is 3. The molecule has 0 aliphatic carbocycles. The SMILES string of the molecule is COC(=O)[C@@H](C)CC(=O)C(C)NC(=O)Cn1cc(CN(Cc2ccccn2)Cc2ccccn2)nn1. The monoisotopic (exact) mass is 493 g/mol. The maximum atomic E-state index is 12.4. The quantitative estimate of drug-likeness (QED) is 0.352. The van der Waals surface area contributed by atoms with Gasteiger partial charge in [-0.1, -0.05) is 24.3 Å². The van der Waals surface area contributed by atoms with Crippen LogP contribution < -0.4 is 5.32 Å². The average molecular weight is 494 g/mol. The molecule has 0 aliphatic rings. The van der Waals surface area contributed by atoms with E-state index in [9.17, 15) is 14.4 Å². The summed E-state index contributed by atoms with van der Waals surface area (Å²) >= 11 is 0. The predicted octanol–water partition coefficient (Wildman–Crippen LogP) is 1.54. The first-order valence-corrected chi connectivity index (χ1v) is 11.6. The molecule has 3 aromatic rings. The summed E-state index contributed by atoms with van der Waals surface area (Å²) in [5.74, 6) is -1.66. The van der Waals surface area contributed by atoms with Crippen LogP contribution in [0.4, 0.5) is 0 Å². The number of aromatic nitrogens is 5. The molecule has 3 aromatic heterocycles. The Labute approximate surface area is 209 Å². The Bertz CT molecular complexity index is 1100. The number of amides is 1. The zero-order valence-corrected chi connectivity index (χ0v) is 20.7. The van der Waals surface area contributed by atoms with E-state index >= 15 is 0 Å².